The SMILES string of the molecule is CCC(Cc1cccc(Br)c1)C(=O)NCC(C)(C)C(=O)O. The van der Waals surface area contributed by atoms with E-state index in [1.165, 1.54) is 0 Å². The molecule has 1 rings (SSSR count). The average Bonchev–Trinajstić information content (AvgIpc) is 2.42. The molecule has 116 valence electrons. The molecule has 0 saturated carbocycles. The van der Waals surface area contributed by atoms with Crippen molar-refractivity contribution in [2.24, 2.45) is 11.3 Å². The Morgan fingerprint density at radius 1 is 1.38 bits per heavy atom. The zero-order chi connectivity index (χ0) is 16.0. The van der Waals surface area contributed by atoms with E-state index in [-0.39, 0.29) is 18.4 Å². The maximum absolute atomic E-state index is 12.2. The molecular weight excluding hydrogens is 334 g/mol. The fraction of sp³-hybridized carbons (Fsp3) is 0.500. The third-order valence-corrected chi connectivity index (χ3v) is 4.01. The van der Waals surface area contributed by atoms with Crippen LogP contribution in [-0.4, -0.2) is 23.5 Å². The molecule has 0 saturated heterocycles. The Morgan fingerprint density at radius 3 is 2.57 bits per heavy atom. The number of carbonyl (C=O) groups excluding carboxylic acids is 1. The predicted molar refractivity (Wildman–Crippen MR) is 86.1 cm³/mol. The van der Waals surface area contributed by atoms with Crippen LogP contribution in [0.25, 0.3) is 0 Å². The van der Waals surface area contributed by atoms with Gasteiger partial charge in [-0.3, -0.25) is 9.59 Å². The van der Waals surface area contributed by atoms with E-state index in [4.69, 9.17) is 5.11 Å². The molecule has 0 aromatic heterocycles. The molecule has 1 aromatic rings. The van der Waals surface area contributed by atoms with Gasteiger partial charge in [0.25, 0.3) is 0 Å². The van der Waals surface area contributed by atoms with E-state index < -0.39 is 11.4 Å². The number of carbonyl (C=O) groups is 2. The van der Waals surface area contributed by atoms with Crippen molar-refractivity contribution in [1.29, 1.82) is 0 Å². The first-order valence-corrected chi connectivity index (χ1v) is 7.81. The second-order valence-corrected chi connectivity index (χ2v) is 6.76. The van der Waals surface area contributed by atoms with E-state index >= 15 is 0 Å². The fourth-order valence-electron chi connectivity index (χ4n) is 1.90. The van der Waals surface area contributed by atoms with Gasteiger partial charge in [0.1, 0.15) is 0 Å². The molecule has 0 fully saturated rings. The van der Waals surface area contributed by atoms with E-state index in [1.807, 2.05) is 31.2 Å². The van der Waals surface area contributed by atoms with Crippen LogP contribution in [0.4, 0.5) is 0 Å². The highest BCUT2D eigenvalue weighted by Gasteiger charge is 2.28. The van der Waals surface area contributed by atoms with Crippen molar-refractivity contribution >= 4 is 27.8 Å². The minimum absolute atomic E-state index is 0.0909. The number of rotatable bonds is 7. The fourth-order valence-corrected chi connectivity index (χ4v) is 2.35. The van der Waals surface area contributed by atoms with Crippen molar-refractivity contribution < 1.29 is 14.7 Å². The number of nitrogens with one attached hydrogen (secondary N) is 1. The lowest BCUT2D eigenvalue weighted by atomic mass is 9.92. The van der Waals surface area contributed by atoms with Gasteiger partial charge in [0, 0.05) is 16.9 Å². The van der Waals surface area contributed by atoms with Crippen LogP contribution in [0.1, 0.15) is 32.8 Å². The van der Waals surface area contributed by atoms with Gasteiger partial charge in [0.05, 0.1) is 5.41 Å². The van der Waals surface area contributed by atoms with Crippen molar-refractivity contribution in [3.05, 3.63) is 34.3 Å². The standard InChI is InChI=1S/C16H22BrNO3/c1-4-12(8-11-6-5-7-13(17)9-11)14(19)18-10-16(2,3)15(20)21/h5-7,9,12H,4,8,10H2,1-3H3,(H,18,19)(H,20,21). The number of carboxylic acids is 1. The van der Waals surface area contributed by atoms with E-state index in [1.54, 1.807) is 13.8 Å². The first-order valence-electron chi connectivity index (χ1n) is 7.02. The summed E-state index contributed by atoms with van der Waals surface area (Å²) in [5.41, 5.74) is 0.132. The van der Waals surface area contributed by atoms with Crippen molar-refractivity contribution in [2.75, 3.05) is 6.54 Å². The smallest absolute Gasteiger partial charge is 0.310 e. The Labute approximate surface area is 134 Å². The maximum atomic E-state index is 12.2. The number of benzene rings is 1. The Balaban J connectivity index is 2.64. The highest BCUT2D eigenvalue weighted by molar-refractivity contribution is 9.10. The Morgan fingerprint density at radius 2 is 2.05 bits per heavy atom. The lowest BCUT2D eigenvalue weighted by molar-refractivity contribution is -0.146. The summed E-state index contributed by atoms with van der Waals surface area (Å²) in [6.45, 7) is 5.30. The summed E-state index contributed by atoms with van der Waals surface area (Å²) in [6, 6.07) is 7.87. The molecule has 4 nitrogen and oxygen atoms in total. The van der Waals surface area contributed by atoms with Crippen LogP contribution in [-0.2, 0) is 16.0 Å². The highest BCUT2D eigenvalue weighted by atomic mass is 79.9. The number of carboxylic acid groups (broad SMARTS) is 1. The third-order valence-electron chi connectivity index (χ3n) is 3.52. The van der Waals surface area contributed by atoms with Gasteiger partial charge in [-0.05, 0) is 44.4 Å². The third kappa shape index (κ3) is 5.50. The summed E-state index contributed by atoms with van der Waals surface area (Å²) in [6.07, 6.45) is 1.36. The zero-order valence-electron chi connectivity index (χ0n) is 12.6. The molecule has 0 bridgehead atoms. The molecule has 1 amide bonds. The summed E-state index contributed by atoms with van der Waals surface area (Å²) < 4.78 is 0.988. The molecule has 2 N–H and O–H groups in total. The van der Waals surface area contributed by atoms with Crippen molar-refractivity contribution in [3.63, 3.8) is 0 Å². The van der Waals surface area contributed by atoms with Crippen LogP contribution in [0.2, 0.25) is 0 Å². The Hall–Kier alpha value is -1.36. The van der Waals surface area contributed by atoms with E-state index in [0.29, 0.717) is 12.8 Å². The van der Waals surface area contributed by atoms with Gasteiger partial charge in [0.15, 0.2) is 0 Å². The van der Waals surface area contributed by atoms with Crippen LogP contribution >= 0.6 is 15.9 Å². The Bertz CT molecular complexity index is 514. The summed E-state index contributed by atoms with van der Waals surface area (Å²) >= 11 is 3.42. The lowest BCUT2D eigenvalue weighted by Crippen LogP contribution is -2.41. The molecule has 1 unspecified atom stereocenters. The summed E-state index contributed by atoms with van der Waals surface area (Å²) in [4.78, 5) is 23.3. The van der Waals surface area contributed by atoms with E-state index in [0.717, 1.165) is 10.0 Å². The molecule has 0 heterocycles. The number of hydrogen-bond acceptors (Lipinski definition) is 2. The number of hydrogen-bond donors (Lipinski definition) is 2. The molecule has 1 atom stereocenters. The molecular formula is C16H22BrNO3. The molecule has 0 aliphatic carbocycles. The molecule has 0 radical (unpaired) electrons. The predicted octanol–water partition coefficient (Wildman–Crippen LogP) is 3.24. The normalized spacial score (nSPS) is 12.8. The summed E-state index contributed by atoms with van der Waals surface area (Å²) in [5.74, 6) is -1.15. The minimum atomic E-state index is -0.955. The largest absolute Gasteiger partial charge is 0.481 e. The first-order chi connectivity index (χ1) is 9.76. The topological polar surface area (TPSA) is 66.4 Å². The zero-order valence-corrected chi connectivity index (χ0v) is 14.2. The van der Waals surface area contributed by atoms with Crippen LogP contribution in [0.3, 0.4) is 0 Å². The monoisotopic (exact) mass is 355 g/mol. The van der Waals surface area contributed by atoms with Crippen molar-refractivity contribution in [1.82, 2.24) is 5.32 Å². The van der Waals surface area contributed by atoms with Gasteiger partial charge < -0.3 is 10.4 Å². The van der Waals surface area contributed by atoms with E-state index in [2.05, 4.69) is 21.2 Å². The van der Waals surface area contributed by atoms with Crippen molar-refractivity contribution in [3.8, 4) is 0 Å². The van der Waals surface area contributed by atoms with Gasteiger partial charge in [-0.2, -0.15) is 0 Å². The second kappa shape index (κ2) is 7.59. The van der Waals surface area contributed by atoms with Gasteiger partial charge in [-0.1, -0.05) is 35.0 Å². The van der Waals surface area contributed by atoms with Gasteiger partial charge >= 0.3 is 5.97 Å². The van der Waals surface area contributed by atoms with E-state index in [9.17, 15) is 9.59 Å². The highest BCUT2D eigenvalue weighted by Crippen LogP contribution is 2.18. The molecule has 21 heavy (non-hydrogen) atoms. The lowest BCUT2D eigenvalue weighted by Gasteiger charge is -2.22. The molecule has 0 aliphatic heterocycles. The summed E-state index contributed by atoms with van der Waals surface area (Å²) in [5, 5.41) is 11.8. The van der Waals surface area contributed by atoms with Gasteiger partial charge in [-0.25, -0.2) is 0 Å². The van der Waals surface area contributed by atoms with Crippen molar-refractivity contribution in [2.45, 2.75) is 33.6 Å². The quantitative estimate of drug-likeness (QED) is 0.788. The molecule has 1 aromatic carbocycles. The average molecular weight is 356 g/mol. The van der Waals surface area contributed by atoms with Crippen LogP contribution in [0.5, 0.6) is 0 Å². The summed E-state index contributed by atoms with van der Waals surface area (Å²) in [7, 11) is 0. The number of amides is 1. The first kappa shape index (κ1) is 17.7. The molecule has 0 spiro atoms. The van der Waals surface area contributed by atoms with Gasteiger partial charge in [0.2, 0.25) is 5.91 Å². The van der Waals surface area contributed by atoms with Crippen LogP contribution in [0.15, 0.2) is 28.7 Å². The maximum Gasteiger partial charge on any atom is 0.310 e. The van der Waals surface area contributed by atoms with Crippen LogP contribution in [0, 0.1) is 11.3 Å². The Kier molecular flexibility index (Phi) is 6.40. The minimum Gasteiger partial charge on any atom is -0.481 e. The number of aliphatic carboxylic acids is 1. The number of halogens is 1. The molecule has 0 aliphatic rings. The second-order valence-electron chi connectivity index (χ2n) is 5.85. The van der Waals surface area contributed by atoms with Gasteiger partial charge in [-0.15, -0.1) is 0 Å². The molecule has 5 heteroatoms. The van der Waals surface area contributed by atoms with Crippen LogP contribution < -0.4 is 5.32 Å².